The second kappa shape index (κ2) is 10.2. The summed E-state index contributed by atoms with van der Waals surface area (Å²) in [6.07, 6.45) is 9.90. The second-order valence-corrected chi connectivity index (χ2v) is 11.4. The number of anilines is 1. The van der Waals surface area contributed by atoms with Gasteiger partial charge in [0, 0.05) is 45.7 Å². The van der Waals surface area contributed by atoms with E-state index in [-0.39, 0.29) is 38.6 Å². The first kappa shape index (κ1) is 22.1. The maximum Gasteiger partial charge on any atom is 0.261 e. The quantitative estimate of drug-likeness (QED) is 0.685. The number of methoxy groups -OCH3 is 1. The van der Waals surface area contributed by atoms with Crippen molar-refractivity contribution in [1.82, 2.24) is 0 Å². The van der Waals surface area contributed by atoms with Gasteiger partial charge in [-0.1, -0.05) is 0 Å². The van der Waals surface area contributed by atoms with Crippen molar-refractivity contribution in [3.63, 3.8) is 0 Å². The molecule has 0 unspecified atom stereocenters. The van der Waals surface area contributed by atoms with Gasteiger partial charge < -0.3 is 10.1 Å². The molecule has 1 saturated heterocycles. The Bertz CT molecular complexity index is 531. The number of carbonyl (C=O) groups is 1. The minimum absolute atomic E-state index is 0. The van der Waals surface area contributed by atoms with Crippen molar-refractivity contribution in [2.24, 2.45) is 0 Å². The maximum absolute atomic E-state index is 12.7. The zero-order chi connectivity index (χ0) is 16.9. The fourth-order valence-electron chi connectivity index (χ4n) is 3.67. The van der Waals surface area contributed by atoms with E-state index in [1.807, 2.05) is 26.0 Å². The van der Waals surface area contributed by atoms with Gasteiger partial charge in [-0.3, -0.25) is 4.79 Å². The van der Waals surface area contributed by atoms with E-state index in [0.29, 0.717) is 0 Å². The molecule has 1 N–H and O–H groups in total. The Morgan fingerprint density at radius 1 is 1.12 bits per heavy atom. The zero-order valence-electron chi connectivity index (χ0n) is 15.7. The summed E-state index contributed by atoms with van der Waals surface area (Å²) >= 11 is 0. The van der Waals surface area contributed by atoms with Crippen molar-refractivity contribution in [3.05, 3.63) is 23.3 Å². The second-order valence-electron chi connectivity index (χ2n) is 6.86. The summed E-state index contributed by atoms with van der Waals surface area (Å²) in [4.78, 5) is 12.7. The number of nitrogens with one attached hydrogen (secondary N) is 1. The van der Waals surface area contributed by atoms with E-state index >= 15 is 0 Å². The van der Waals surface area contributed by atoms with Gasteiger partial charge in [0.05, 0.1) is 25.6 Å². The van der Waals surface area contributed by atoms with Crippen LogP contribution in [0.5, 0.6) is 5.75 Å². The van der Waals surface area contributed by atoms with Crippen LogP contribution in [0, 0.1) is 13.8 Å². The van der Waals surface area contributed by atoms with Crippen LogP contribution in [0.2, 0.25) is 0 Å². The minimum atomic E-state index is -1.09. The third-order valence-electron chi connectivity index (χ3n) is 5.17. The van der Waals surface area contributed by atoms with Crippen molar-refractivity contribution in [2.45, 2.75) is 46.5 Å². The van der Waals surface area contributed by atoms with E-state index in [0.717, 1.165) is 28.7 Å². The monoisotopic (exact) mass is 425 g/mol. The molecule has 0 saturated carbocycles. The van der Waals surface area contributed by atoms with Crippen LogP contribution in [0.1, 0.15) is 43.7 Å². The Balaban J connectivity index is 0.00000288. The van der Waals surface area contributed by atoms with Crippen molar-refractivity contribution < 1.29 is 42.2 Å². The smallest absolute Gasteiger partial charge is 0.261 e. The number of rotatable bonds is 5. The van der Waals surface area contributed by atoms with Crippen LogP contribution in [-0.4, -0.2) is 37.7 Å². The summed E-state index contributed by atoms with van der Waals surface area (Å²) < 4.78 is 5.30. The Morgan fingerprint density at radius 3 is 2.12 bits per heavy atom. The van der Waals surface area contributed by atoms with E-state index in [1.165, 1.54) is 44.2 Å². The van der Waals surface area contributed by atoms with E-state index in [4.69, 9.17) is 4.74 Å². The summed E-state index contributed by atoms with van der Waals surface area (Å²) in [7, 11) is 0.585. The van der Waals surface area contributed by atoms with Crippen molar-refractivity contribution in [2.75, 3.05) is 37.1 Å². The number of hydrogen-bond donors (Lipinski definition) is 1. The van der Waals surface area contributed by atoms with E-state index in [2.05, 4.69) is 12.2 Å². The Morgan fingerprint density at radius 2 is 1.67 bits per heavy atom. The van der Waals surface area contributed by atoms with Crippen molar-refractivity contribution in [1.29, 1.82) is 0 Å². The summed E-state index contributed by atoms with van der Waals surface area (Å²) in [6, 6.07) is 3.97. The van der Waals surface area contributed by atoms with Crippen LogP contribution in [0.4, 0.5) is 5.69 Å². The van der Waals surface area contributed by atoms with Gasteiger partial charge in [-0.15, -0.1) is 0 Å². The van der Waals surface area contributed by atoms with Crippen molar-refractivity contribution >= 4 is 18.9 Å². The third-order valence-corrected chi connectivity index (χ3v) is 10.0. The van der Waals surface area contributed by atoms with Crippen LogP contribution in [0.15, 0.2) is 12.1 Å². The van der Waals surface area contributed by atoms with Crippen LogP contribution < -0.4 is 10.1 Å². The first-order valence-corrected chi connectivity index (χ1v) is 11.3. The molecule has 1 heterocycles. The van der Waals surface area contributed by atoms with Gasteiger partial charge in [0.2, 0.25) is 0 Å². The minimum Gasteiger partial charge on any atom is -0.497 e. The molecular formula is C19H31NO2PY+. The summed E-state index contributed by atoms with van der Waals surface area (Å²) in [6.45, 7) is 6.35. The molecule has 24 heavy (non-hydrogen) atoms. The predicted molar refractivity (Wildman–Crippen MR) is 102 cm³/mol. The molecule has 1 amide bonds. The predicted octanol–water partition coefficient (Wildman–Crippen LogP) is 4.86. The fraction of sp³-hybridized carbons (Fsp3) is 0.632. The number of benzene rings is 1. The molecule has 0 bridgehead atoms. The van der Waals surface area contributed by atoms with Crippen LogP contribution in [0.25, 0.3) is 0 Å². The molecule has 0 aliphatic carbocycles. The van der Waals surface area contributed by atoms with Crippen molar-refractivity contribution in [3.8, 4) is 5.75 Å². The molecule has 1 aliphatic heterocycles. The molecule has 2 rings (SSSR count). The van der Waals surface area contributed by atoms with E-state index < -0.39 is 7.26 Å². The summed E-state index contributed by atoms with van der Waals surface area (Å²) in [5, 5.41) is 3.19. The standard InChI is InChI=1S/C19H30NO2P.Y/c1-5-23(10-8-6-7-9-11-23)14-18(21)20-19-15(2)12-17(22-4)13-16(19)3;/h12-13H,5-11,14H2,1-4H3;/p+1. The largest absolute Gasteiger partial charge is 0.497 e. The number of amides is 1. The molecule has 1 aromatic carbocycles. The Hall–Kier alpha value is 0.0239. The summed E-state index contributed by atoms with van der Waals surface area (Å²) in [5.74, 6) is 1.05. The SMILES string of the molecule is CC[P+]1(CC(=O)Nc2c(C)cc(OC)cc2C)CCCCCC1.[Y]. The average Bonchev–Trinajstić information content (AvgIpc) is 2.76. The van der Waals surface area contributed by atoms with Gasteiger partial charge in [0.25, 0.3) is 5.91 Å². The molecule has 1 aromatic rings. The Labute approximate surface area is 172 Å². The van der Waals surface area contributed by atoms with Crippen LogP contribution in [0.3, 0.4) is 0 Å². The van der Waals surface area contributed by atoms with Gasteiger partial charge >= 0.3 is 0 Å². The molecule has 0 aromatic heterocycles. The first-order valence-electron chi connectivity index (χ1n) is 8.80. The van der Waals surface area contributed by atoms with E-state index in [9.17, 15) is 4.79 Å². The topological polar surface area (TPSA) is 38.3 Å². The zero-order valence-corrected chi connectivity index (χ0v) is 19.4. The molecule has 0 atom stereocenters. The molecule has 3 nitrogen and oxygen atoms in total. The fourth-order valence-corrected chi connectivity index (χ4v) is 7.54. The number of aryl methyl sites for hydroxylation is 2. The van der Waals surface area contributed by atoms with Gasteiger partial charge in [0.15, 0.2) is 0 Å². The Kier molecular flexibility index (Phi) is 9.41. The number of carbonyl (C=O) groups excluding carboxylic acids is 1. The molecule has 0 spiro atoms. The molecule has 1 fully saturated rings. The van der Waals surface area contributed by atoms with Gasteiger partial charge in [-0.05, 0) is 69.7 Å². The van der Waals surface area contributed by atoms with Gasteiger partial charge in [-0.25, -0.2) is 0 Å². The molecular weight excluding hydrogens is 394 g/mol. The van der Waals surface area contributed by atoms with Gasteiger partial charge in [-0.2, -0.15) is 0 Å². The van der Waals surface area contributed by atoms with Gasteiger partial charge in [0.1, 0.15) is 11.9 Å². The molecule has 131 valence electrons. The number of ether oxygens (including phenoxy) is 1. The summed E-state index contributed by atoms with van der Waals surface area (Å²) in [5.41, 5.74) is 3.10. The average molecular weight is 425 g/mol. The molecule has 1 aliphatic rings. The maximum atomic E-state index is 12.7. The number of hydrogen-bond acceptors (Lipinski definition) is 2. The molecule has 1 radical (unpaired) electrons. The molecule has 5 heteroatoms. The van der Waals surface area contributed by atoms with Crippen LogP contribution in [-0.2, 0) is 37.5 Å². The normalized spacial score (nSPS) is 16.7. The van der Waals surface area contributed by atoms with E-state index in [1.54, 1.807) is 7.11 Å². The third kappa shape index (κ3) is 5.78. The first-order chi connectivity index (χ1) is 11.0. The van der Waals surface area contributed by atoms with Crippen LogP contribution >= 0.6 is 7.26 Å².